The van der Waals surface area contributed by atoms with Gasteiger partial charge in [-0.05, 0) is 62.4 Å². The third kappa shape index (κ3) is 3.23. The molecule has 0 aliphatic carbocycles. The van der Waals surface area contributed by atoms with Gasteiger partial charge in [0.1, 0.15) is 5.82 Å². The van der Waals surface area contributed by atoms with E-state index in [1.54, 1.807) is 12.1 Å². The van der Waals surface area contributed by atoms with Crippen molar-refractivity contribution in [3.63, 3.8) is 0 Å². The Balaban J connectivity index is 1.69. The first-order valence-electron chi connectivity index (χ1n) is 7.54. The molecule has 0 saturated carbocycles. The predicted octanol–water partition coefficient (Wildman–Crippen LogP) is 3.55. The molecule has 1 unspecified atom stereocenters. The van der Waals surface area contributed by atoms with Crippen LogP contribution in [0.1, 0.15) is 31.2 Å². The van der Waals surface area contributed by atoms with Crippen LogP contribution in [-0.4, -0.2) is 31.1 Å². The molecular weight excluding hydrogens is 319 g/mol. The lowest BCUT2D eigenvalue weighted by Gasteiger charge is -2.45. The second kappa shape index (κ2) is 6.12. The van der Waals surface area contributed by atoms with Gasteiger partial charge in [0.25, 0.3) is 0 Å². The van der Waals surface area contributed by atoms with Crippen LogP contribution in [0.5, 0.6) is 0 Å². The Bertz CT molecular complexity index is 466. The molecule has 2 aliphatic rings. The van der Waals surface area contributed by atoms with E-state index in [0.29, 0.717) is 5.41 Å². The smallest absolute Gasteiger partial charge is 0.127 e. The van der Waals surface area contributed by atoms with Gasteiger partial charge >= 0.3 is 0 Å². The fourth-order valence-corrected chi connectivity index (χ4v) is 4.14. The van der Waals surface area contributed by atoms with Crippen molar-refractivity contribution >= 4 is 15.9 Å². The second-order valence-electron chi connectivity index (χ2n) is 6.33. The van der Waals surface area contributed by atoms with E-state index in [9.17, 15) is 4.39 Å². The summed E-state index contributed by atoms with van der Waals surface area (Å²) in [5.74, 6) is -0.0883. The molecule has 0 bridgehead atoms. The van der Waals surface area contributed by atoms with Crippen molar-refractivity contribution in [3.8, 4) is 0 Å². The molecule has 110 valence electrons. The number of hydrogen-bond acceptors (Lipinski definition) is 2. The van der Waals surface area contributed by atoms with Crippen molar-refractivity contribution in [1.82, 2.24) is 10.2 Å². The number of benzene rings is 1. The molecule has 1 aromatic rings. The third-order valence-electron chi connectivity index (χ3n) is 4.70. The summed E-state index contributed by atoms with van der Waals surface area (Å²) in [5.41, 5.74) is 1.24. The molecule has 1 N–H and O–H groups in total. The average molecular weight is 341 g/mol. The maximum Gasteiger partial charge on any atom is 0.127 e. The number of halogens is 2. The van der Waals surface area contributed by atoms with E-state index >= 15 is 0 Å². The van der Waals surface area contributed by atoms with E-state index in [2.05, 4.69) is 26.1 Å². The number of hydrogen-bond donors (Lipinski definition) is 1. The van der Waals surface area contributed by atoms with Gasteiger partial charge in [0.2, 0.25) is 0 Å². The minimum absolute atomic E-state index is 0.0883. The number of likely N-dealkylation sites (tertiary alicyclic amines) is 1. The SMILES string of the molecule is Fc1ccc(Br)cc1CN1CCCC2(CCCNC2)C1. The molecule has 2 fully saturated rings. The van der Waals surface area contributed by atoms with Gasteiger partial charge in [-0.3, -0.25) is 4.90 Å². The molecule has 20 heavy (non-hydrogen) atoms. The molecule has 2 nitrogen and oxygen atoms in total. The summed E-state index contributed by atoms with van der Waals surface area (Å²) in [6.45, 7) is 5.21. The van der Waals surface area contributed by atoms with Crippen molar-refractivity contribution in [2.75, 3.05) is 26.2 Å². The zero-order valence-corrected chi connectivity index (χ0v) is 13.4. The summed E-state index contributed by atoms with van der Waals surface area (Å²) in [4.78, 5) is 2.43. The van der Waals surface area contributed by atoms with Gasteiger partial charge in [-0.1, -0.05) is 15.9 Å². The lowest BCUT2D eigenvalue weighted by Crippen LogP contribution is -2.50. The van der Waals surface area contributed by atoms with Crippen LogP contribution in [-0.2, 0) is 6.54 Å². The van der Waals surface area contributed by atoms with E-state index < -0.39 is 0 Å². The first kappa shape index (κ1) is 14.5. The Morgan fingerprint density at radius 3 is 2.95 bits per heavy atom. The van der Waals surface area contributed by atoms with Crippen LogP contribution in [0.15, 0.2) is 22.7 Å². The van der Waals surface area contributed by atoms with Gasteiger partial charge in [-0.25, -0.2) is 4.39 Å². The zero-order valence-electron chi connectivity index (χ0n) is 11.8. The molecule has 0 aromatic heterocycles. The normalized spacial score (nSPS) is 27.9. The largest absolute Gasteiger partial charge is 0.316 e. The van der Waals surface area contributed by atoms with E-state index in [-0.39, 0.29) is 5.82 Å². The molecular formula is C16H22BrFN2. The summed E-state index contributed by atoms with van der Waals surface area (Å²) in [6.07, 6.45) is 5.14. The first-order chi connectivity index (χ1) is 9.67. The van der Waals surface area contributed by atoms with E-state index in [1.807, 2.05) is 6.07 Å². The standard InChI is InChI=1S/C16H22BrFN2/c17-14-3-4-15(18)13(9-14)10-20-8-2-6-16(12-20)5-1-7-19-11-16/h3-4,9,19H,1-2,5-8,10-12H2. The lowest BCUT2D eigenvalue weighted by molar-refractivity contribution is 0.0594. The molecule has 1 spiro atoms. The lowest BCUT2D eigenvalue weighted by atomic mass is 9.74. The Hall–Kier alpha value is -0.450. The van der Waals surface area contributed by atoms with Crippen LogP contribution >= 0.6 is 15.9 Å². The quantitative estimate of drug-likeness (QED) is 0.885. The molecule has 1 aromatic carbocycles. The van der Waals surface area contributed by atoms with Crippen molar-refractivity contribution in [2.24, 2.45) is 5.41 Å². The number of piperidine rings is 2. The molecule has 2 heterocycles. The van der Waals surface area contributed by atoms with Crippen molar-refractivity contribution in [3.05, 3.63) is 34.1 Å². The van der Waals surface area contributed by atoms with Crippen molar-refractivity contribution in [2.45, 2.75) is 32.2 Å². The summed E-state index contributed by atoms with van der Waals surface area (Å²) in [6, 6.07) is 5.23. The highest BCUT2D eigenvalue weighted by atomic mass is 79.9. The predicted molar refractivity (Wildman–Crippen MR) is 83.1 cm³/mol. The molecule has 2 saturated heterocycles. The maximum absolute atomic E-state index is 13.9. The van der Waals surface area contributed by atoms with Crippen LogP contribution in [0.4, 0.5) is 4.39 Å². The van der Waals surface area contributed by atoms with E-state index in [0.717, 1.165) is 42.8 Å². The molecule has 0 amide bonds. The van der Waals surface area contributed by atoms with Crippen LogP contribution < -0.4 is 5.32 Å². The van der Waals surface area contributed by atoms with Gasteiger partial charge in [-0.15, -0.1) is 0 Å². The summed E-state index contributed by atoms with van der Waals surface area (Å²) >= 11 is 3.44. The van der Waals surface area contributed by atoms with Crippen LogP contribution in [0, 0.1) is 11.2 Å². The summed E-state index contributed by atoms with van der Waals surface area (Å²) in [5, 5.41) is 3.54. The third-order valence-corrected chi connectivity index (χ3v) is 5.20. The molecule has 4 heteroatoms. The minimum Gasteiger partial charge on any atom is -0.316 e. The Kier molecular flexibility index (Phi) is 4.43. The van der Waals surface area contributed by atoms with Gasteiger partial charge in [-0.2, -0.15) is 0 Å². The van der Waals surface area contributed by atoms with Gasteiger partial charge < -0.3 is 5.32 Å². The highest BCUT2D eigenvalue weighted by Crippen LogP contribution is 2.36. The van der Waals surface area contributed by atoms with Gasteiger partial charge in [0, 0.05) is 29.7 Å². The van der Waals surface area contributed by atoms with E-state index in [1.165, 1.54) is 25.7 Å². The average Bonchev–Trinajstić information content (AvgIpc) is 2.44. The summed E-state index contributed by atoms with van der Waals surface area (Å²) in [7, 11) is 0. The van der Waals surface area contributed by atoms with Crippen LogP contribution in [0.2, 0.25) is 0 Å². The Morgan fingerprint density at radius 1 is 1.30 bits per heavy atom. The topological polar surface area (TPSA) is 15.3 Å². The minimum atomic E-state index is -0.0883. The van der Waals surface area contributed by atoms with Crippen LogP contribution in [0.3, 0.4) is 0 Å². The fourth-order valence-electron chi connectivity index (χ4n) is 3.73. The highest BCUT2D eigenvalue weighted by molar-refractivity contribution is 9.10. The molecule has 3 rings (SSSR count). The Morgan fingerprint density at radius 2 is 2.15 bits per heavy atom. The van der Waals surface area contributed by atoms with Gasteiger partial charge in [0.05, 0.1) is 0 Å². The Labute approximate surface area is 128 Å². The van der Waals surface area contributed by atoms with Gasteiger partial charge in [0.15, 0.2) is 0 Å². The molecule has 2 aliphatic heterocycles. The monoisotopic (exact) mass is 340 g/mol. The fraction of sp³-hybridized carbons (Fsp3) is 0.625. The van der Waals surface area contributed by atoms with Crippen molar-refractivity contribution < 1.29 is 4.39 Å². The highest BCUT2D eigenvalue weighted by Gasteiger charge is 2.36. The van der Waals surface area contributed by atoms with E-state index in [4.69, 9.17) is 0 Å². The van der Waals surface area contributed by atoms with Crippen molar-refractivity contribution in [1.29, 1.82) is 0 Å². The number of nitrogens with zero attached hydrogens (tertiary/aromatic N) is 1. The first-order valence-corrected chi connectivity index (χ1v) is 8.33. The maximum atomic E-state index is 13.9. The van der Waals surface area contributed by atoms with Crippen LogP contribution in [0.25, 0.3) is 0 Å². The summed E-state index contributed by atoms with van der Waals surface area (Å²) < 4.78 is 14.9. The number of rotatable bonds is 2. The molecule has 1 atom stereocenters. The molecule has 0 radical (unpaired) electrons. The number of nitrogens with one attached hydrogen (secondary N) is 1. The second-order valence-corrected chi connectivity index (χ2v) is 7.25. The zero-order chi connectivity index (χ0) is 14.0.